The second-order valence-electron chi connectivity index (χ2n) is 4.15. The second kappa shape index (κ2) is 3.57. The van der Waals surface area contributed by atoms with Crippen molar-refractivity contribution in [3.05, 3.63) is 29.3 Å². The summed E-state index contributed by atoms with van der Waals surface area (Å²) in [6.45, 7) is 4.20. The molecule has 1 aromatic carbocycles. The highest BCUT2D eigenvalue weighted by Crippen LogP contribution is 2.32. The lowest BCUT2D eigenvalue weighted by molar-refractivity contribution is 0.0948. The van der Waals surface area contributed by atoms with Crippen molar-refractivity contribution in [2.45, 2.75) is 19.9 Å². The van der Waals surface area contributed by atoms with E-state index in [0.29, 0.717) is 5.92 Å². The molecule has 15 heavy (non-hydrogen) atoms. The third-order valence-electron chi connectivity index (χ3n) is 2.79. The lowest BCUT2D eigenvalue weighted by Gasteiger charge is -2.15. The number of hydrogen-bond donors (Lipinski definition) is 1. The third kappa shape index (κ3) is 1.58. The fourth-order valence-electron chi connectivity index (χ4n) is 1.95. The molecular formula is C12H15NO2. The van der Waals surface area contributed by atoms with Crippen LogP contribution >= 0.6 is 0 Å². The molecule has 0 aliphatic carbocycles. The molecule has 0 bridgehead atoms. The molecule has 0 radical (unpaired) electrons. The molecule has 1 atom stereocenters. The van der Waals surface area contributed by atoms with Gasteiger partial charge in [-0.15, -0.1) is 0 Å². The van der Waals surface area contributed by atoms with Gasteiger partial charge in [-0.25, -0.2) is 0 Å². The minimum Gasteiger partial charge on any atom is -0.497 e. The number of benzene rings is 1. The molecule has 3 nitrogen and oxygen atoms in total. The van der Waals surface area contributed by atoms with E-state index in [0.717, 1.165) is 16.9 Å². The Bertz CT molecular complexity index is 399. The fraction of sp³-hybridized carbons (Fsp3) is 0.417. The molecular weight excluding hydrogens is 190 g/mol. The Morgan fingerprint density at radius 2 is 2.13 bits per heavy atom. The highest BCUT2D eigenvalue weighted by Gasteiger charge is 2.30. The van der Waals surface area contributed by atoms with Crippen molar-refractivity contribution >= 4 is 5.91 Å². The van der Waals surface area contributed by atoms with Gasteiger partial charge in [0, 0.05) is 5.56 Å². The molecule has 1 aliphatic rings. The van der Waals surface area contributed by atoms with Crippen LogP contribution in [0.2, 0.25) is 0 Å². The fourth-order valence-corrected chi connectivity index (χ4v) is 1.95. The number of hydrogen-bond acceptors (Lipinski definition) is 2. The molecule has 1 aromatic rings. The first-order chi connectivity index (χ1) is 7.13. The van der Waals surface area contributed by atoms with Crippen molar-refractivity contribution in [1.82, 2.24) is 5.32 Å². The smallest absolute Gasteiger partial charge is 0.252 e. The highest BCUT2D eigenvalue weighted by molar-refractivity contribution is 5.99. The molecule has 0 aromatic heterocycles. The zero-order valence-corrected chi connectivity index (χ0v) is 9.20. The first kappa shape index (κ1) is 10.0. The van der Waals surface area contributed by atoms with Gasteiger partial charge in [-0.3, -0.25) is 4.79 Å². The van der Waals surface area contributed by atoms with E-state index in [1.54, 1.807) is 13.2 Å². The van der Waals surface area contributed by atoms with Crippen molar-refractivity contribution in [2.75, 3.05) is 7.11 Å². The van der Waals surface area contributed by atoms with E-state index in [9.17, 15) is 4.79 Å². The largest absolute Gasteiger partial charge is 0.497 e. The zero-order chi connectivity index (χ0) is 11.0. The summed E-state index contributed by atoms with van der Waals surface area (Å²) in [4.78, 5) is 11.7. The summed E-state index contributed by atoms with van der Waals surface area (Å²) in [7, 11) is 1.61. The maximum Gasteiger partial charge on any atom is 0.252 e. The summed E-state index contributed by atoms with van der Waals surface area (Å²) in [6.07, 6.45) is 0. The summed E-state index contributed by atoms with van der Waals surface area (Å²) < 4.78 is 5.10. The Labute approximate surface area is 89.4 Å². The predicted molar refractivity (Wildman–Crippen MR) is 58.0 cm³/mol. The van der Waals surface area contributed by atoms with Gasteiger partial charge >= 0.3 is 0 Å². The molecule has 0 saturated heterocycles. The normalized spacial score (nSPS) is 18.9. The first-order valence-corrected chi connectivity index (χ1v) is 5.12. The second-order valence-corrected chi connectivity index (χ2v) is 4.15. The van der Waals surface area contributed by atoms with E-state index in [1.807, 2.05) is 12.1 Å². The van der Waals surface area contributed by atoms with Crippen LogP contribution in [0.3, 0.4) is 0 Å². The molecule has 0 saturated carbocycles. The Morgan fingerprint density at radius 1 is 1.40 bits per heavy atom. The van der Waals surface area contributed by atoms with Gasteiger partial charge < -0.3 is 10.1 Å². The van der Waals surface area contributed by atoms with Crippen molar-refractivity contribution in [2.24, 2.45) is 5.92 Å². The molecule has 1 unspecified atom stereocenters. The van der Waals surface area contributed by atoms with Crippen LogP contribution in [-0.4, -0.2) is 13.0 Å². The number of methoxy groups -OCH3 is 1. The van der Waals surface area contributed by atoms with E-state index in [1.165, 1.54) is 0 Å². The van der Waals surface area contributed by atoms with Crippen LogP contribution in [0.4, 0.5) is 0 Å². The van der Waals surface area contributed by atoms with E-state index in [2.05, 4.69) is 19.2 Å². The van der Waals surface area contributed by atoms with Crippen LogP contribution in [0.15, 0.2) is 18.2 Å². The van der Waals surface area contributed by atoms with Gasteiger partial charge in [0.25, 0.3) is 5.91 Å². The summed E-state index contributed by atoms with van der Waals surface area (Å²) in [5.74, 6) is 1.14. The van der Waals surface area contributed by atoms with E-state index >= 15 is 0 Å². The molecule has 0 fully saturated rings. The summed E-state index contributed by atoms with van der Waals surface area (Å²) >= 11 is 0. The quantitative estimate of drug-likeness (QED) is 0.803. The van der Waals surface area contributed by atoms with Crippen LogP contribution in [0.25, 0.3) is 0 Å². The van der Waals surface area contributed by atoms with Crippen LogP contribution < -0.4 is 10.1 Å². The first-order valence-electron chi connectivity index (χ1n) is 5.12. The Balaban J connectivity index is 2.45. The standard InChI is InChI=1S/C12H15NO2/c1-7(2)11-9-5-4-8(15-3)6-10(9)12(14)13-11/h4-7,11H,1-3H3,(H,13,14). The molecule has 1 amide bonds. The molecule has 1 aliphatic heterocycles. The Hall–Kier alpha value is -1.51. The van der Waals surface area contributed by atoms with Crippen LogP contribution in [-0.2, 0) is 0 Å². The van der Waals surface area contributed by atoms with Gasteiger partial charge in [-0.05, 0) is 23.6 Å². The number of carbonyl (C=O) groups excluding carboxylic acids is 1. The number of amides is 1. The molecule has 1 heterocycles. The summed E-state index contributed by atoms with van der Waals surface area (Å²) in [5, 5.41) is 2.98. The summed E-state index contributed by atoms with van der Waals surface area (Å²) in [5.41, 5.74) is 1.82. The third-order valence-corrected chi connectivity index (χ3v) is 2.79. The van der Waals surface area contributed by atoms with Gasteiger partial charge in [0.15, 0.2) is 0 Å². The van der Waals surface area contributed by atoms with Crippen molar-refractivity contribution in [1.29, 1.82) is 0 Å². The van der Waals surface area contributed by atoms with E-state index in [4.69, 9.17) is 4.74 Å². The average Bonchev–Trinajstić information content (AvgIpc) is 2.56. The van der Waals surface area contributed by atoms with Gasteiger partial charge in [-0.2, -0.15) is 0 Å². The van der Waals surface area contributed by atoms with Crippen molar-refractivity contribution in [3.63, 3.8) is 0 Å². The Morgan fingerprint density at radius 3 is 2.73 bits per heavy atom. The SMILES string of the molecule is COc1ccc2c(c1)C(=O)NC2C(C)C. The number of carbonyl (C=O) groups is 1. The summed E-state index contributed by atoms with van der Waals surface area (Å²) in [6, 6.07) is 5.80. The van der Waals surface area contributed by atoms with Crippen molar-refractivity contribution < 1.29 is 9.53 Å². The minimum atomic E-state index is 0.00241. The van der Waals surface area contributed by atoms with Gasteiger partial charge in [0.1, 0.15) is 5.75 Å². The van der Waals surface area contributed by atoms with Gasteiger partial charge in [0.05, 0.1) is 13.2 Å². The van der Waals surface area contributed by atoms with Crippen LogP contribution in [0.1, 0.15) is 35.8 Å². The van der Waals surface area contributed by atoms with Gasteiger partial charge in [0.2, 0.25) is 0 Å². The minimum absolute atomic E-state index is 0.00241. The molecule has 0 spiro atoms. The number of ether oxygens (including phenoxy) is 1. The molecule has 1 N–H and O–H groups in total. The topological polar surface area (TPSA) is 38.3 Å². The zero-order valence-electron chi connectivity index (χ0n) is 9.20. The number of fused-ring (bicyclic) bond motifs is 1. The molecule has 80 valence electrons. The maximum absolute atomic E-state index is 11.7. The van der Waals surface area contributed by atoms with Crippen LogP contribution in [0, 0.1) is 5.92 Å². The number of rotatable bonds is 2. The van der Waals surface area contributed by atoms with Crippen molar-refractivity contribution in [3.8, 4) is 5.75 Å². The van der Waals surface area contributed by atoms with Crippen LogP contribution in [0.5, 0.6) is 5.75 Å². The monoisotopic (exact) mass is 205 g/mol. The van der Waals surface area contributed by atoms with Gasteiger partial charge in [-0.1, -0.05) is 19.9 Å². The van der Waals surface area contributed by atoms with E-state index in [-0.39, 0.29) is 11.9 Å². The Kier molecular flexibility index (Phi) is 2.39. The van der Waals surface area contributed by atoms with E-state index < -0.39 is 0 Å². The molecule has 3 heteroatoms. The maximum atomic E-state index is 11.7. The number of nitrogens with one attached hydrogen (secondary N) is 1. The lowest BCUT2D eigenvalue weighted by Crippen LogP contribution is -2.22. The predicted octanol–water partition coefficient (Wildman–Crippen LogP) is 2.14. The molecule has 2 rings (SSSR count). The lowest BCUT2D eigenvalue weighted by atomic mass is 9.96. The highest BCUT2D eigenvalue weighted by atomic mass is 16.5. The average molecular weight is 205 g/mol.